The summed E-state index contributed by atoms with van der Waals surface area (Å²) in [5.41, 5.74) is 0. The van der Waals surface area contributed by atoms with Gasteiger partial charge in [0.05, 0.1) is 12.2 Å². The Kier molecular flexibility index (Phi) is 4.85. The second-order valence-corrected chi connectivity index (χ2v) is 7.01. The number of nitrogens with one attached hydrogen (secondary N) is 1. The van der Waals surface area contributed by atoms with Crippen molar-refractivity contribution in [3.8, 4) is 0 Å². The first-order valence-electron chi connectivity index (χ1n) is 9.05. The molecule has 2 unspecified atom stereocenters. The van der Waals surface area contributed by atoms with Crippen molar-refractivity contribution in [2.45, 2.75) is 77.0 Å². The number of rotatable bonds is 7. The molecule has 3 aliphatic rings. The van der Waals surface area contributed by atoms with Crippen molar-refractivity contribution in [1.29, 1.82) is 0 Å². The predicted octanol–water partition coefficient (Wildman–Crippen LogP) is 2.20. The summed E-state index contributed by atoms with van der Waals surface area (Å²) < 4.78 is 0. The zero-order valence-corrected chi connectivity index (χ0v) is 13.7. The van der Waals surface area contributed by atoms with Gasteiger partial charge in [0.25, 0.3) is 0 Å². The molecule has 0 radical (unpaired) electrons. The van der Waals surface area contributed by atoms with Crippen molar-refractivity contribution in [2.75, 3.05) is 19.6 Å². The molecule has 1 saturated heterocycles. The molecule has 2 aliphatic carbocycles. The van der Waals surface area contributed by atoms with Crippen LogP contribution in [0.4, 0.5) is 0 Å². The van der Waals surface area contributed by atoms with Crippen LogP contribution in [0.2, 0.25) is 0 Å². The topological polar surface area (TPSA) is 35.6 Å². The van der Waals surface area contributed by atoms with E-state index in [-0.39, 0.29) is 6.04 Å². The van der Waals surface area contributed by atoms with Crippen LogP contribution < -0.4 is 5.32 Å². The van der Waals surface area contributed by atoms with Crippen molar-refractivity contribution in [2.24, 2.45) is 5.92 Å². The number of nitrogens with zero attached hydrogens (tertiary/aromatic N) is 2. The van der Waals surface area contributed by atoms with E-state index in [0.29, 0.717) is 18.0 Å². The summed E-state index contributed by atoms with van der Waals surface area (Å²) in [5, 5.41) is 3.63. The predicted molar refractivity (Wildman–Crippen MR) is 84.9 cm³/mol. The molecular weight excluding hydrogens is 262 g/mol. The molecule has 2 saturated carbocycles. The van der Waals surface area contributed by atoms with E-state index in [0.717, 1.165) is 32.1 Å². The van der Waals surface area contributed by atoms with E-state index >= 15 is 0 Å². The first kappa shape index (κ1) is 15.3. The Morgan fingerprint density at radius 2 is 1.90 bits per heavy atom. The fraction of sp³-hybridized carbons (Fsp3) is 0.941. The second-order valence-electron chi connectivity index (χ2n) is 7.01. The third-order valence-electron chi connectivity index (χ3n) is 5.64. The Bertz CT molecular complexity index is 363. The first-order valence-corrected chi connectivity index (χ1v) is 9.05. The van der Waals surface area contributed by atoms with Crippen LogP contribution >= 0.6 is 0 Å². The number of hydrogen-bond acceptors (Lipinski definition) is 3. The van der Waals surface area contributed by atoms with Crippen molar-refractivity contribution in [1.82, 2.24) is 15.1 Å². The molecule has 3 rings (SSSR count). The lowest BCUT2D eigenvalue weighted by Gasteiger charge is -2.31. The molecule has 120 valence electrons. The Morgan fingerprint density at radius 1 is 1.19 bits per heavy atom. The third-order valence-corrected chi connectivity index (χ3v) is 5.64. The number of carbonyl (C=O) groups is 1. The zero-order chi connectivity index (χ0) is 14.8. The van der Waals surface area contributed by atoms with Crippen molar-refractivity contribution < 1.29 is 4.79 Å². The summed E-state index contributed by atoms with van der Waals surface area (Å²) in [6, 6.07) is 0.860. The van der Waals surface area contributed by atoms with Gasteiger partial charge in [-0.3, -0.25) is 15.0 Å². The van der Waals surface area contributed by atoms with Gasteiger partial charge in [0.2, 0.25) is 5.91 Å². The summed E-state index contributed by atoms with van der Waals surface area (Å²) >= 11 is 0. The normalized spacial score (nSPS) is 30.8. The number of hydrogen-bond donors (Lipinski definition) is 1. The van der Waals surface area contributed by atoms with Crippen LogP contribution in [0.25, 0.3) is 0 Å². The van der Waals surface area contributed by atoms with Crippen molar-refractivity contribution >= 4 is 5.91 Å². The lowest BCUT2D eigenvalue weighted by atomic mass is 10.0. The summed E-state index contributed by atoms with van der Waals surface area (Å²) in [4.78, 5) is 17.4. The van der Waals surface area contributed by atoms with Gasteiger partial charge >= 0.3 is 0 Å². The standard InChI is InChI=1S/C17H31N3O/c1-3-15-17(21)20(12-11-19(4-2)14-9-10-14)16(18-15)13-7-5-6-8-13/h13-16,18H,3-12H2,1-2H3. The molecule has 1 amide bonds. The lowest BCUT2D eigenvalue weighted by Crippen LogP contribution is -2.46. The van der Waals surface area contributed by atoms with Gasteiger partial charge in [0.1, 0.15) is 0 Å². The molecule has 0 spiro atoms. The Morgan fingerprint density at radius 3 is 2.48 bits per heavy atom. The fourth-order valence-corrected chi connectivity index (χ4v) is 4.18. The molecule has 4 nitrogen and oxygen atoms in total. The van der Waals surface area contributed by atoms with Crippen LogP contribution in [-0.2, 0) is 4.79 Å². The van der Waals surface area contributed by atoms with Crippen molar-refractivity contribution in [3.05, 3.63) is 0 Å². The van der Waals surface area contributed by atoms with Crippen LogP contribution in [0.15, 0.2) is 0 Å². The van der Waals surface area contributed by atoms with Gasteiger partial charge in [-0.2, -0.15) is 0 Å². The van der Waals surface area contributed by atoms with E-state index in [1.54, 1.807) is 0 Å². The summed E-state index contributed by atoms with van der Waals surface area (Å²) in [6.45, 7) is 7.44. The summed E-state index contributed by atoms with van der Waals surface area (Å²) in [7, 11) is 0. The molecule has 1 aliphatic heterocycles. The lowest BCUT2D eigenvalue weighted by molar-refractivity contribution is -0.130. The number of carbonyl (C=O) groups excluding carboxylic acids is 1. The smallest absolute Gasteiger partial charge is 0.241 e. The average Bonchev–Trinajstić information content (AvgIpc) is 3.08. The van der Waals surface area contributed by atoms with E-state index in [2.05, 4.69) is 29.0 Å². The first-order chi connectivity index (χ1) is 10.2. The Balaban J connectivity index is 1.62. The molecule has 3 fully saturated rings. The highest BCUT2D eigenvalue weighted by molar-refractivity contribution is 5.84. The van der Waals surface area contributed by atoms with Gasteiger partial charge < -0.3 is 4.90 Å². The monoisotopic (exact) mass is 293 g/mol. The van der Waals surface area contributed by atoms with Gasteiger partial charge in [0, 0.05) is 19.1 Å². The maximum Gasteiger partial charge on any atom is 0.241 e. The van der Waals surface area contributed by atoms with Crippen LogP contribution in [0.1, 0.15) is 58.8 Å². The third kappa shape index (κ3) is 3.26. The van der Waals surface area contributed by atoms with E-state index in [9.17, 15) is 4.79 Å². The van der Waals surface area contributed by atoms with E-state index in [4.69, 9.17) is 0 Å². The summed E-state index contributed by atoms with van der Waals surface area (Å²) in [5.74, 6) is 1.03. The average molecular weight is 293 g/mol. The maximum atomic E-state index is 12.6. The molecule has 0 aromatic carbocycles. The minimum absolute atomic E-state index is 0.0617. The van der Waals surface area contributed by atoms with E-state index in [1.165, 1.54) is 38.5 Å². The highest BCUT2D eigenvalue weighted by Crippen LogP contribution is 2.32. The fourth-order valence-electron chi connectivity index (χ4n) is 4.18. The minimum Gasteiger partial charge on any atom is -0.324 e. The molecule has 21 heavy (non-hydrogen) atoms. The van der Waals surface area contributed by atoms with E-state index in [1.807, 2.05) is 0 Å². The molecule has 0 aromatic heterocycles. The van der Waals surface area contributed by atoms with Crippen LogP contribution in [0, 0.1) is 5.92 Å². The highest BCUT2D eigenvalue weighted by Gasteiger charge is 2.42. The Labute approximate surface area is 129 Å². The van der Waals surface area contributed by atoms with Crippen LogP contribution in [0.5, 0.6) is 0 Å². The number of amides is 1. The van der Waals surface area contributed by atoms with Gasteiger partial charge in [-0.1, -0.05) is 26.7 Å². The van der Waals surface area contributed by atoms with Gasteiger partial charge in [0.15, 0.2) is 0 Å². The molecular formula is C17H31N3O. The highest BCUT2D eigenvalue weighted by atomic mass is 16.2. The van der Waals surface area contributed by atoms with Crippen LogP contribution in [0.3, 0.4) is 0 Å². The second kappa shape index (κ2) is 6.66. The molecule has 0 bridgehead atoms. The summed E-state index contributed by atoms with van der Waals surface area (Å²) in [6.07, 6.45) is 9.18. The largest absolute Gasteiger partial charge is 0.324 e. The van der Waals surface area contributed by atoms with Crippen molar-refractivity contribution in [3.63, 3.8) is 0 Å². The zero-order valence-electron chi connectivity index (χ0n) is 13.7. The molecule has 1 heterocycles. The molecule has 1 N–H and O–H groups in total. The van der Waals surface area contributed by atoms with E-state index < -0.39 is 0 Å². The van der Waals surface area contributed by atoms with Crippen LogP contribution in [-0.4, -0.2) is 53.6 Å². The van der Waals surface area contributed by atoms with Gasteiger partial charge in [-0.05, 0) is 44.6 Å². The number of likely N-dealkylation sites (N-methyl/N-ethyl adjacent to an activating group) is 1. The minimum atomic E-state index is 0.0617. The van der Waals surface area contributed by atoms with Gasteiger partial charge in [-0.25, -0.2) is 0 Å². The SMILES string of the molecule is CCC1NC(C2CCCC2)N(CCN(CC)C2CC2)C1=O. The molecule has 2 atom stereocenters. The van der Waals surface area contributed by atoms with Gasteiger partial charge in [-0.15, -0.1) is 0 Å². The quantitative estimate of drug-likeness (QED) is 0.781. The Hall–Kier alpha value is -0.610. The molecule has 4 heteroatoms. The maximum absolute atomic E-state index is 12.6. The molecule has 0 aromatic rings.